The molecule has 0 aliphatic heterocycles. The van der Waals surface area contributed by atoms with Gasteiger partial charge in [-0.05, 0) is 23.8 Å². The summed E-state index contributed by atoms with van der Waals surface area (Å²) in [6.07, 6.45) is -8.06. The van der Waals surface area contributed by atoms with E-state index in [1.165, 1.54) is 0 Å². The lowest BCUT2D eigenvalue weighted by molar-refractivity contribution is -0.171. The molecule has 1 heterocycles. The van der Waals surface area contributed by atoms with Crippen molar-refractivity contribution in [1.82, 2.24) is 9.29 Å². The highest BCUT2D eigenvalue weighted by atomic mass is 32.2. The molecule has 28 heavy (non-hydrogen) atoms. The summed E-state index contributed by atoms with van der Waals surface area (Å²) in [6.45, 7) is 6.85. The average Bonchev–Trinajstić information content (AvgIpc) is 2.60. The van der Waals surface area contributed by atoms with Crippen LogP contribution in [0.4, 0.5) is 32.0 Å². The Kier molecular flexibility index (Phi) is 5.72. The maximum atomic E-state index is 13.6. The average molecular weight is 423 g/mol. The Labute approximate surface area is 156 Å². The van der Waals surface area contributed by atoms with Crippen molar-refractivity contribution in [1.29, 1.82) is 0 Å². The minimum absolute atomic E-state index is 0.0136. The first kappa shape index (κ1) is 21.6. The van der Waals surface area contributed by atoms with Gasteiger partial charge in [-0.1, -0.05) is 12.1 Å². The number of alkyl halides is 6. The Morgan fingerprint density at radius 2 is 1.64 bits per heavy atom. The lowest BCUT2D eigenvalue weighted by Gasteiger charge is -2.29. The first-order valence-corrected chi connectivity index (χ1v) is 8.77. The van der Waals surface area contributed by atoms with Crippen LogP contribution in [0.2, 0.25) is 0 Å². The van der Waals surface area contributed by atoms with Gasteiger partial charge < -0.3 is 0 Å². The number of benzene rings is 1. The van der Waals surface area contributed by atoms with Gasteiger partial charge in [0.15, 0.2) is 0 Å². The second-order valence-corrected chi connectivity index (χ2v) is 7.57. The zero-order chi connectivity index (χ0) is 21.3. The van der Waals surface area contributed by atoms with Gasteiger partial charge in [-0.15, -0.1) is 0 Å². The van der Waals surface area contributed by atoms with Crippen LogP contribution in [0.5, 0.6) is 0 Å². The first-order chi connectivity index (χ1) is 12.8. The molecular weight excluding hydrogens is 412 g/mol. The van der Waals surface area contributed by atoms with Gasteiger partial charge in [-0.3, -0.25) is 4.98 Å². The van der Waals surface area contributed by atoms with E-state index >= 15 is 0 Å². The van der Waals surface area contributed by atoms with Crippen LogP contribution in [0.1, 0.15) is 17.2 Å². The van der Waals surface area contributed by atoms with Crippen molar-refractivity contribution in [3.8, 4) is 0 Å². The summed E-state index contributed by atoms with van der Waals surface area (Å²) in [6, 6.07) is 0.135. The molecule has 0 N–H and O–H groups in total. The predicted octanol–water partition coefficient (Wildman–Crippen LogP) is 4.58. The number of halogens is 6. The van der Waals surface area contributed by atoms with Crippen LogP contribution in [-0.2, 0) is 16.2 Å². The molecule has 150 valence electrons. The van der Waals surface area contributed by atoms with Crippen molar-refractivity contribution in [3.05, 3.63) is 65.3 Å². The smallest absolute Gasteiger partial charge is 0.275 e. The van der Waals surface area contributed by atoms with E-state index in [4.69, 9.17) is 6.57 Å². The van der Waals surface area contributed by atoms with Crippen molar-refractivity contribution in [2.24, 2.45) is 0 Å². The van der Waals surface area contributed by atoms with E-state index in [9.17, 15) is 34.8 Å². The highest BCUT2D eigenvalue weighted by Gasteiger charge is 2.48. The molecule has 1 aromatic carbocycles. The molecular formula is C16H11F6N3O2S. The van der Waals surface area contributed by atoms with Gasteiger partial charge in [0.2, 0.25) is 15.7 Å². The predicted molar refractivity (Wildman–Crippen MR) is 85.7 cm³/mol. The molecule has 0 amide bonds. The van der Waals surface area contributed by atoms with E-state index in [-0.39, 0.29) is 9.99 Å². The molecule has 0 aliphatic carbocycles. The summed E-state index contributed by atoms with van der Waals surface area (Å²) in [7, 11) is -4.11. The first-order valence-electron chi connectivity index (χ1n) is 7.33. The Bertz CT molecular complexity index is 995. The van der Waals surface area contributed by atoms with Crippen LogP contribution < -0.4 is 0 Å². The standard InChI is InChI=1S/C16H11F6N3O2S/c1-23-12-7-13(9-24-8-12)28(26,27)25(2)14(16(20,21)22)10-3-5-11(6-4-10)15(17,18)19/h3-9,14H,2H3/t14-/m1/s1. The number of sulfonamides is 1. The zero-order valence-electron chi connectivity index (χ0n) is 14.0. The van der Waals surface area contributed by atoms with Gasteiger partial charge in [0.25, 0.3) is 0 Å². The Balaban J connectivity index is 2.52. The maximum Gasteiger partial charge on any atom is 0.416 e. The summed E-state index contributed by atoms with van der Waals surface area (Å²) < 4.78 is 104. The zero-order valence-corrected chi connectivity index (χ0v) is 14.8. The fourth-order valence-electron chi connectivity index (χ4n) is 2.37. The number of aromatic nitrogens is 1. The molecule has 0 spiro atoms. The van der Waals surface area contributed by atoms with E-state index in [1.54, 1.807) is 0 Å². The highest BCUT2D eigenvalue weighted by molar-refractivity contribution is 7.89. The maximum absolute atomic E-state index is 13.6. The van der Waals surface area contributed by atoms with Crippen LogP contribution >= 0.6 is 0 Å². The van der Waals surface area contributed by atoms with Crippen molar-refractivity contribution in [2.75, 3.05) is 7.05 Å². The van der Waals surface area contributed by atoms with Crippen molar-refractivity contribution in [3.63, 3.8) is 0 Å². The van der Waals surface area contributed by atoms with Gasteiger partial charge in [-0.25, -0.2) is 13.3 Å². The number of pyridine rings is 1. The molecule has 1 aromatic heterocycles. The molecule has 2 aromatic rings. The quantitative estimate of drug-likeness (QED) is 0.535. The van der Waals surface area contributed by atoms with Gasteiger partial charge >= 0.3 is 12.4 Å². The Morgan fingerprint density at radius 3 is 2.11 bits per heavy atom. The van der Waals surface area contributed by atoms with Crippen molar-refractivity contribution in [2.45, 2.75) is 23.3 Å². The third kappa shape index (κ3) is 4.42. The second kappa shape index (κ2) is 7.40. The monoisotopic (exact) mass is 423 g/mol. The minimum atomic E-state index is -5.12. The third-order valence-electron chi connectivity index (χ3n) is 3.73. The van der Waals surface area contributed by atoms with E-state index in [2.05, 4.69) is 9.83 Å². The van der Waals surface area contributed by atoms with E-state index in [1.807, 2.05) is 0 Å². The van der Waals surface area contributed by atoms with Crippen LogP contribution in [0, 0.1) is 6.57 Å². The van der Waals surface area contributed by atoms with Gasteiger partial charge in [0, 0.05) is 19.4 Å². The lowest BCUT2D eigenvalue weighted by atomic mass is 10.0. The third-order valence-corrected chi connectivity index (χ3v) is 5.52. The van der Waals surface area contributed by atoms with E-state index < -0.39 is 44.4 Å². The Hall–Kier alpha value is -2.65. The fourth-order valence-corrected chi connectivity index (χ4v) is 3.69. The summed E-state index contributed by atoms with van der Waals surface area (Å²) in [4.78, 5) is 5.83. The van der Waals surface area contributed by atoms with Crippen LogP contribution in [0.25, 0.3) is 4.85 Å². The van der Waals surface area contributed by atoms with Crippen LogP contribution in [0.3, 0.4) is 0 Å². The number of hydrogen-bond acceptors (Lipinski definition) is 3. The topological polar surface area (TPSA) is 54.6 Å². The molecule has 0 radical (unpaired) electrons. The number of nitrogens with zero attached hydrogens (tertiary/aromatic N) is 3. The summed E-state index contributed by atoms with van der Waals surface area (Å²) in [5.74, 6) is 0. The largest absolute Gasteiger partial charge is 0.416 e. The fraction of sp³-hybridized carbons (Fsp3) is 0.250. The molecule has 1 atom stereocenters. The van der Waals surface area contributed by atoms with E-state index in [0.717, 1.165) is 18.5 Å². The van der Waals surface area contributed by atoms with Crippen molar-refractivity contribution >= 4 is 15.7 Å². The van der Waals surface area contributed by atoms with Crippen LogP contribution in [0.15, 0.2) is 47.6 Å². The molecule has 0 fully saturated rings. The number of rotatable bonds is 4. The lowest BCUT2D eigenvalue weighted by Crippen LogP contribution is -2.39. The highest BCUT2D eigenvalue weighted by Crippen LogP contribution is 2.40. The summed E-state index contributed by atoms with van der Waals surface area (Å²) >= 11 is 0. The molecule has 0 saturated carbocycles. The molecule has 2 rings (SSSR count). The summed E-state index contributed by atoms with van der Waals surface area (Å²) in [5.41, 5.74) is -2.06. The normalized spacial score (nSPS) is 14.0. The molecule has 0 aliphatic rings. The second-order valence-electron chi connectivity index (χ2n) is 5.58. The van der Waals surface area contributed by atoms with Gasteiger partial charge in [0.1, 0.15) is 6.04 Å². The molecule has 0 saturated heterocycles. The van der Waals surface area contributed by atoms with Crippen molar-refractivity contribution < 1.29 is 34.8 Å². The SMILES string of the molecule is [C-]#[N+]c1cncc(S(=O)(=O)N(C)[C@H](c2ccc(C(F)(F)F)cc2)C(F)(F)F)c1. The van der Waals surface area contributed by atoms with Gasteiger partial charge in [0.05, 0.1) is 17.0 Å². The van der Waals surface area contributed by atoms with Crippen LogP contribution in [-0.4, -0.2) is 30.9 Å². The Morgan fingerprint density at radius 1 is 1.07 bits per heavy atom. The molecule has 5 nitrogen and oxygen atoms in total. The number of hydrogen-bond donors (Lipinski definition) is 0. The molecule has 0 bridgehead atoms. The molecule has 0 unspecified atom stereocenters. The van der Waals surface area contributed by atoms with Gasteiger partial charge in [-0.2, -0.15) is 30.6 Å². The molecule has 12 heteroatoms. The summed E-state index contributed by atoms with van der Waals surface area (Å²) in [5, 5.41) is 0. The minimum Gasteiger partial charge on any atom is -0.275 e. The van der Waals surface area contributed by atoms with E-state index in [0.29, 0.717) is 31.3 Å².